The number of nitrogens with one attached hydrogen (secondary N) is 1. The third-order valence-electron chi connectivity index (χ3n) is 3.84. The number of hydrogen-bond donors (Lipinski definition) is 2. The van der Waals surface area contributed by atoms with Gasteiger partial charge >= 0.3 is 0 Å². The summed E-state index contributed by atoms with van der Waals surface area (Å²) < 4.78 is 0. The van der Waals surface area contributed by atoms with E-state index in [1.54, 1.807) is 4.90 Å². The number of nitrogens with zero attached hydrogens (tertiary/aromatic N) is 1. The van der Waals surface area contributed by atoms with Gasteiger partial charge in [-0.2, -0.15) is 0 Å². The maximum absolute atomic E-state index is 12.0. The van der Waals surface area contributed by atoms with Crippen LogP contribution in [0.4, 0.5) is 0 Å². The number of aliphatic hydroxyl groups is 1. The number of carbonyl (C=O) groups is 1. The van der Waals surface area contributed by atoms with E-state index < -0.39 is 5.54 Å². The number of aliphatic hydroxyl groups excluding tert-OH is 1. The van der Waals surface area contributed by atoms with Crippen LogP contribution in [0.5, 0.6) is 0 Å². The Balaban J connectivity index is 1.97. The van der Waals surface area contributed by atoms with E-state index in [9.17, 15) is 9.90 Å². The number of rotatable bonds is 6. The summed E-state index contributed by atoms with van der Waals surface area (Å²) in [6, 6.07) is 10.1. The Morgan fingerprint density at radius 3 is 2.58 bits per heavy atom. The second-order valence-electron chi connectivity index (χ2n) is 5.45. The molecule has 1 amide bonds. The fraction of sp³-hybridized carbons (Fsp3) is 0.533. The number of benzene rings is 1. The lowest BCUT2D eigenvalue weighted by molar-refractivity contribution is -0.129. The van der Waals surface area contributed by atoms with Crippen LogP contribution in [0.1, 0.15) is 25.3 Å². The molecule has 1 aliphatic carbocycles. The van der Waals surface area contributed by atoms with Crippen molar-refractivity contribution in [3.63, 3.8) is 0 Å². The topological polar surface area (TPSA) is 52.6 Å². The van der Waals surface area contributed by atoms with Gasteiger partial charge in [0, 0.05) is 13.1 Å². The molecule has 0 heterocycles. The molecule has 0 bridgehead atoms. The van der Waals surface area contributed by atoms with Crippen LogP contribution in [-0.4, -0.2) is 42.2 Å². The summed E-state index contributed by atoms with van der Waals surface area (Å²) in [6.45, 7) is 2.11. The van der Waals surface area contributed by atoms with Gasteiger partial charge in [0.25, 0.3) is 0 Å². The van der Waals surface area contributed by atoms with Crippen LogP contribution in [0.3, 0.4) is 0 Å². The maximum atomic E-state index is 12.0. The van der Waals surface area contributed by atoms with Crippen LogP contribution in [-0.2, 0) is 10.3 Å². The largest absolute Gasteiger partial charge is 0.394 e. The molecule has 0 spiro atoms. The van der Waals surface area contributed by atoms with E-state index in [0.717, 1.165) is 18.4 Å². The highest BCUT2D eigenvalue weighted by molar-refractivity contribution is 5.78. The number of amides is 1. The normalized spacial score (nSPS) is 17.8. The zero-order valence-corrected chi connectivity index (χ0v) is 11.6. The SMILES string of the molecule is CN(C(=O)CNC(C)(CO)c1ccccc1)C1CC1. The van der Waals surface area contributed by atoms with Crippen molar-refractivity contribution < 1.29 is 9.90 Å². The first-order chi connectivity index (χ1) is 9.07. The minimum atomic E-state index is -0.582. The van der Waals surface area contributed by atoms with Crippen LogP contribution in [0.2, 0.25) is 0 Å². The van der Waals surface area contributed by atoms with Gasteiger partial charge in [-0.15, -0.1) is 0 Å². The van der Waals surface area contributed by atoms with Crippen molar-refractivity contribution in [2.24, 2.45) is 0 Å². The minimum absolute atomic E-state index is 0.0442. The van der Waals surface area contributed by atoms with E-state index in [-0.39, 0.29) is 19.1 Å². The van der Waals surface area contributed by atoms with Gasteiger partial charge in [0.1, 0.15) is 0 Å². The van der Waals surface area contributed by atoms with Crippen LogP contribution in [0, 0.1) is 0 Å². The quantitative estimate of drug-likeness (QED) is 0.807. The van der Waals surface area contributed by atoms with E-state index in [4.69, 9.17) is 0 Å². The molecule has 0 radical (unpaired) electrons. The van der Waals surface area contributed by atoms with Gasteiger partial charge in [0.2, 0.25) is 5.91 Å². The summed E-state index contributed by atoms with van der Waals surface area (Å²) in [5.74, 6) is 0.0816. The van der Waals surface area contributed by atoms with E-state index in [1.165, 1.54) is 0 Å². The molecule has 4 heteroatoms. The van der Waals surface area contributed by atoms with Crippen molar-refractivity contribution in [3.05, 3.63) is 35.9 Å². The molecule has 1 aliphatic rings. The predicted octanol–water partition coefficient (Wildman–Crippen LogP) is 1.10. The van der Waals surface area contributed by atoms with E-state index in [0.29, 0.717) is 6.04 Å². The number of carbonyl (C=O) groups excluding carboxylic acids is 1. The van der Waals surface area contributed by atoms with Crippen LogP contribution >= 0.6 is 0 Å². The van der Waals surface area contributed by atoms with Crippen LogP contribution in [0.25, 0.3) is 0 Å². The Hall–Kier alpha value is -1.39. The predicted molar refractivity (Wildman–Crippen MR) is 74.7 cm³/mol. The summed E-state index contributed by atoms with van der Waals surface area (Å²) in [5, 5.41) is 12.8. The summed E-state index contributed by atoms with van der Waals surface area (Å²) in [6.07, 6.45) is 2.22. The molecule has 4 nitrogen and oxygen atoms in total. The number of hydrogen-bond acceptors (Lipinski definition) is 3. The Morgan fingerprint density at radius 1 is 1.42 bits per heavy atom. The zero-order chi connectivity index (χ0) is 13.9. The second-order valence-corrected chi connectivity index (χ2v) is 5.45. The van der Waals surface area contributed by atoms with Crippen molar-refractivity contribution >= 4 is 5.91 Å². The lowest BCUT2D eigenvalue weighted by Gasteiger charge is -2.30. The van der Waals surface area contributed by atoms with Crippen molar-refractivity contribution in [2.45, 2.75) is 31.3 Å². The van der Waals surface area contributed by atoms with Crippen LogP contribution < -0.4 is 5.32 Å². The van der Waals surface area contributed by atoms with Gasteiger partial charge in [0.15, 0.2) is 0 Å². The molecule has 1 unspecified atom stereocenters. The van der Waals surface area contributed by atoms with Crippen molar-refractivity contribution in [1.29, 1.82) is 0 Å². The molecule has 0 aliphatic heterocycles. The zero-order valence-electron chi connectivity index (χ0n) is 11.6. The fourth-order valence-electron chi connectivity index (χ4n) is 2.12. The smallest absolute Gasteiger partial charge is 0.236 e. The number of likely N-dealkylation sites (N-methyl/N-ethyl adjacent to an activating group) is 1. The molecule has 1 aromatic carbocycles. The first-order valence-electron chi connectivity index (χ1n) is 6.74. The molecule has 1 aromatic rings. The second kappa shape index (κ2) is 5.72. The summed E-state index contributed by atoms with van der Waals surface area (Å²) in [7, 11) is 1.85. The molecule has 19 heavy (non-hydrogen) atoms. The fourth-order valence-corrected chi connectivity index (χ4v) is 2.12. The lowest BCUT2D eigenvalue weighted by Crippen LogP contribution is -2.48. The van der Waals surface area contributed by atoms with E-state index >= 15 is 0 Å². The molecule has 1 atom stereocenters. The Bertz CT molecular complexity index is 431. The first-order valence-corrected chi connectivity index (χ1v) is 6.74. The van der Waals surface area contributed by atoms with Gasteiger partial charge in [-0.1, -0.05) is 30.3 Å². The molecule has 0 aromatic heterocycles. The third kappa shape index (κ3) is 3.33. The minimum Gasteiger partial charge on any atom is -0.394 e. The molecular formula is C15H22N2O2. The first kappa shape index (κ1) is 14.0. The Kier molecular flexibility index (Phi) is 4.22. The van der Waals surface area contributed by atoms with Gasteiger partial charge in [0.05, 0.1) is 18.7 Å². The highest BCUT2D eigenvalue weighted by Crippen LogP contribution is 2.25. The highest BCUT2D eigenvalue weighted by Gasteiger charge is 2.31. The molecule has 0 saturated heterocycles. The standard InChI is InChI=1S/C15H22N2O2/c1-15(11-18,12-6-4-3-5-7-12)16-10-14(19)17(2)13-8-9-13/h3-7,13,16,18H,8-11H2,1-2H3. The van der Waals surface area contributed by atoms with E-state index in [1.807, 2.05) is 44.3 Å². The van der Waals surface area contributed by atoms with Crippen LogP contribution in [0.15, 0.2) is 30.3 Å². The highest BCUT2D eigenvalue weighted by atomic mass is 16.3. The summed E-state index contributed by atoms with van der Waals surface area (Å²) >= 11 is 0. The van der Waals surface area contributed by atoms with E-state index in [2.05, 4.69) is 5.32 Å². The average molecular weight is 262 g/mol. The molecular weight excluding hydrogens is 240 g/mol. The van der Waals surface area contributed by atoms with Gasteiger partial charge < -0.3 is 10.0 Å². The maximum Gasteiger partial charge on any atom is 0.236 e. The molecule has 2 rings (SSSR count). The van der Waals surface area contributed by atoms with Gasteiger partial charge in [-0.3, -0.25) is 10.1 Å². The monoisotopic (exact) mass is 262 g/mol. The van der Waals surface area contributed by atoms with Crippen molar-refractivity contribution in [1.82, 2.24) is 10.2 Å². The van der Waals surface area contributed by atoms with Gasteiger partial charge in [-0.25, -0.2) is 0 Å². The molecule has 104 valence electrons. The molecule has 2 N–H and O–H groups in total. The van der Waals surface area contributed by atoms with Crippen molar-refractivity contribution in [2.75, 3.05) is 20.2 Å². The molecule has 1 saturated carbocycles. The Morgan fingerprint density at radius 2 is 2.05 bits per heavy atom. The summed E-state index contributed by atoms with van der Waals surface area (Å²) in [5.41, 5.74) is 0.403. The lowest BCUT2D eigenvalue weighted by atomic mass is 9.93. The van der Waals surface area contributed by atoms with Gasteiger partial charge in [-0.05, 0) is 25.3 Å². The average Bonchev–Trinajstić information content (AvgIpc) is 3.29. The summed E-state index contributed by atoms with van der Waals surface area (Å²) in [4.78, 5) is 13.8. The Labute approximate surface area is 114 Å². The van der Waals surface area contributed by atoms with Crippen molar-refractivity contribution in [3.8, 4) is 0 Å². The third-order valence-corrected chi connectivity index (χ3v) is 3.84. The molecule has 1 fully saturated rings.